The Morgan fingerprint density at radius 3 is 3.00 bits per heavy atom. The van der Waals surface area contributed by atoms with E-state index in [1.807, 2.05) is 24.3 Å². The van der Waals surface area contributed by atoms with E-state index in [1.165, 1.54) is 0 Å². The van der Waals surface area contributed by atoms with Crippen LogP contribution in [0.2, 0.25) is 0 Å². The van der Waals surface area contributed by atoms with E-state index in [1.54, 1.807) is 10.9 Å². The number of fused-ring (bicyclic) bond motifs is 1. The van der Waals surface area contributed by atoms with E-state index in [0.29, 0.717) is 18.9 Å². The fraction of sp³-hybridized carbons (Fsp3) is 0.250. The molecule has 0 fully saturated rings. The van der Waals surface area contributed by atoms with Crippen LogP contribution in [0.3, 0.4) is 0 Å². The summed E-state index contributed by atoms with van der Waals surface area (Å²) in [6.45, 7) is 0.509. The normalized spacial score (nSPS) is 11.2. The first-order chi connectivity index (χ1) is 8.85. The van der Waals surface area contributed by atoms with Gasteiger partial charge in [0.25, 0.3) is 0 Å². The highest BCUT2D eigenvalue weighted by Gasteiger charge is 2.07. The van der Waals surface area contributed by atoms with Gasteiger partial charge in [0.15, 0.2) is 5.58 Å². The minimum absolute atomic E-state index is 0.0710. The number of benzene rings is 1. The molecular formula is C12H12N4O2. The van der Waals surface area contributed by atoms with Crippen molar-refractivity contribution >= 4 is 11.1 Å². The molecule has 1 N–H and O–H groups in total. The third-order valence-corrected chi connectivity index (χ3v) is 2.59. The first-order valence-corrected chi connectivity index (χ1v) is 5.69. The molecule has 92 valence electrons. The molecule has 0 saturated heterocycles. The van der Waals surface area contributed by atoms with Crippen LogP contribution in [0.15, 0.2) is 34.9 Å². The van der Waals surface area contributed by atoms with Crippen LogP contribution in [0.5, 0.6) is 0 Å². The fourth-order valence-electron chi connectivity index (χ4n) is 1.77. The van der Waals surface area contributed by atoms with Crippen LogP contribution >= 0.6 is 0 Å². The first-order valence-electron chi connectivity index (χ1n) is 5.69. The molecule has 3 rings (SSSR count). The van der Waals surface area contributed by atoms with Gasteiger partial charge in [-0.1, -0.05) is 17.3 Å². The largest absolute Gasteiger partial charge is 0.439 e. The Bertz CT molecular complexity index is 626. The first kappa shape index (κ1) is 10.9. The molecule has 0 atom stereocenters. The predicted molar refractivity (Wildman–Crippen MR) is 63.9 cm³/mol. The zero-order valence-electron chi connectivity index (χ0n) is 9.65. The van der Waals surface area contributed by atoms with Gasteiger partial charge in [-0.05, 0) is 12.1 Å². The molecule has 3 aromatic rings. The van der Waals surface area contributed by atoms with Gasteiger partial charge in [0, 0.05) is 19.2 Å². The van der Waals surface area contributed by atoms with Crippen LogP contribution in [-0.4, -0.2) is 31.7 Å². The molecule has 2 aromatic heterocycles. The molecule has 2 heterocycles. The maximum atomic E-state index is 8.81. The SMILES string of the molecule is OCCc1cn(Cc2nc3ccccc3o2)nn1. The van der Waals surface area contributed by atoms with Crippen molar-refractivity contribution in [3.8, 4) is 0 Å². The van der Waals surface area contributed by atoms with Gasteiger partial charge in [0.05, 0.1) is 5.69 Å². The zero-order chi connectivity index (χ0) is 12.4. The number of para-hydroxylation sites is 2. The molecule has 1 aromatic carbocycles. The van der Waals surface area contributed by atoms with Crippen LogP contribution in [0.4, 0.5) is 0 Å². The van der Waals surface area contributed by atoms with E-state index in [9.17, 15) is 0 Å². The Morgan fingerprint density at radius 1 is 1.28 bits per heavy atom. The third kappa shape index (κ3) is 2.10. The van der Waals surface area contributed by atoms with Gasteiger partial charge in [-0.25, -0.2) is 9.67 Å². The minimum atomic E-state index is 0.0710. The smallest absolute Gasteiger partial charge is 0.217 e. The van der Waals surface area contributed by atoms with Crippen molar-refractivity contribution < 1.29 is 9.52 Å². The van der Waals surface area contributed by atoms with Crippen LogP contribution in [0, 0.1) is 0 Å². The van der Waals surface area contributed by atoms with Crippen molar-refractivity contribution in [1.29, 1.82) is 0 Å². The average molecular weight is 244 g/mol. The van der Waals surface area contributed by atoms with Gasteiger partial charge >= 0.3 is 0 Å². The van der Waals surface area contributed by atoms with Gasteiger partial charge < -0.3 is 9.52 Å². The third-order valence-electron chi connectivity index (χ3n) is 2.59. The van der Waals surface area contributed by atoms with Crippen LogP contribution < -0.4 is 0 Å². The Hall–Kier alpha value is -2.21. The van der Waals surface area contributed by atoms with Gasteiger partial charge in [-0.3, -0.25) is 0 Å². The second-order valence-corrected chi connectivity index (χ2v) is 3.96. The summed E-state index contributed by atoms with van der Waals surface area (Å²) in [4.78, 5) is 4.36. The van der Waals surface area contributed by atoms with Crippen molar-refractivity contribution in [3.63, 3.8) is 0 Å². The van der Waals surface area contributed by atoms with Crippen LogP contribution in [-0.2, 0) is 13.0 Å². The van der Waals surface area contributed by atoms with Crippen LogP contribution in [0.1, 0.15) is 11.6 Å². The molecule has 0 aliphatic heterocycles. The van der Waals surface area contributed by atoms with Crippen LogP contribution in [0.25, 0.3) is 11.1 Å². The molecule has 6 heteroatoms. The van der Waals surface area contributed by atoms with Gasteiger partial charge in [-0.2, -0.15) is 0 Å². The van der Waals surface area contributed by atoms with Gasteiger partial charge in [0.2, 0.25) is 5.89 Å². The minimum Gasteiger partial charge on any atom is -0.439 e. The van der Waals surface area contributed by atoms with E-state index in [-0.39, 0.29) is 6.61 Å². The zero-order valence-corrected chi connectivity index (χ0v) is 9.65. The lowest BCUT2D eigenvalue weighted by Gasteiger charge is -1.93. The lowest BCUT2D eigenvalue weighted by Crippen LogP contribution is -2.00. The van der Waals surface area contributed by atoms with Crippen molar-refractivity contribution in [2.75, 3.05) is 6.61 Å². The summed E-state index contributed by atoms with van der Waals surface area (Å²) in [6.07, 6.45) is 2.29. The summed E-state index contributed by atoms with van der Waals surface area (Å²) < 4.78 is 7.24. The molecule has 6 nitrogen and oxygen atoms in total. The quantitative estimate of drug-likeness (QED) is 0.741. The summed E-state index contributed by atoms with van der Waals surface area (Å²) in [6, 6.07) is 7.61. The molecule has 0 saturated carbocycles. The Labute approximate surface area is 103 Å². The Morgan fingerprint density at radius 2 is 2.17 bits per heavy atom. The molecule has 18 heavy (non-hydrogen) atoms. The Kier molecular flexibility index (Phi) is 2.77. The molecular weight excluding hydrogens is 232 g/mol. The van der Waals surface area contributed by atoms with Crippen molar-refractivity contribution in [1.82, 2.24) is 20.0 Å². The number of rotatable bonds is 4. The number of oxazole rings is 1. The highest BCUT2D eigenvalue weighted by Crippen LogP contribution is 2.15. The van der Waals surface area contributed by atoms with E-state index < -0.39 is 0 Å². The molecule has 0 amide bonds. The second-order valence-electron chi connectivity index (χ2n) is 3.96. The summed E-state index contributed by atoms with van der Waals surface area (Å²) in [7, 11) is 0. The second kappa shape index (κ2) is 4.58. The molecule has 0 aliphatic carbocycles. The van der Waals surface area contributed by atoms with Crippen molar-refractivity contribution in [2.45, 2.75) is 13.0 Å². The number of aromatic nitrogens is 4. The van der Waals surface area contributed by atoms with E-state index in [4.69, 9.17) is 9.52 Å². The highest BCUT2D eigenvalue weighted by molar-refractivity contribution is 5.72. The van der Waals surface area contributed by atoms with Gasteiger partial charge in [0.1, 0.15) is 12.1 Å². The lowest BCUT2D eigenvalue weighted by atomic mass is 10.3. The number of aliphatic hydroxyl groups is 1. The van der Waals surface area contributed by atoms with Crippen molar-refractivity contribution in [2.24, 2.45) is 0 Å². The fourth-order valence-corrected chi connectivity index (χ4v) is 1.77. The van der Waals surface area contributed by atoms with E-state index in [0.717, 1.165) is 16.8 Å². The highest BCUT2D eigenvalue weighted by atomic mass is 16.3. The summed E-state index contributed by atoms with van der Waals surface area (Å²) >= 11 is 0. The molecule has 0 radical (unpaired) electrons. The maximum absolute atomic E-state index is 8.81. The molecule has 0 bridgehead atoms. The van der Waals surface area contributed by atoms with E-state index >= 15 is 0 Å². The van der Waals surface area contributed by atoms with Gasteiger partial charge in [-0.15, -0.1) is 5.10 Å². The predicted octanol–water partition coefficient (Wildman–Crippen LogP) is 1.00. The summed E-state index contributed by atoms with van der Waals surface area (Å²) in [5.74, 6) is 0.594. The molecule has 0 aliphatic rings. The summed E-state index contributed by atoms with van der Waals surface area (Å²) in [5, 5.41) is 16.7. The Balaban J connectivity index is 1.82. The monoisotopic (exact) mass is 244 g/mol. The number of hydrogen-bond acceptors (Lipinski definition) is 5. The molecule has 0 spiro atoms. The summed E-state index contributed by atoms with van der Waals surface area (Å²) in [5.41, 5.74) is 2.36. The maximum Gasteiger partial charge on any atom is 0.217 e. The number of hydrogen-bond donors (Lipinski definition) is 1. The average Bonchev–Trinajstić information content (AvgIpc) is 2.96. The molecule has 0 unspecified atom stereocenters. The number of nitrogens with zero attached hydrogens (tertiary/aromatic N) is 4. The lowest BCUT2D eigenvalue weighted by molar-refractivity contribution is 0.298. The van der Waals surface area contributed by atoms with Crippen molar-refractivity contribution in [3.05, 3.63) is 42.0 Å². The topological polar surface area (TPSA) is 77.0 Å². The number of aliphatic hydroxyl groups excluding tert-OH is 1. The standard InChI is InChI=1S/C12H12N4O2/c17-6-5-9-7-16(15-14-9)8-12-13-10-3-1-2-4-11(10)18-12/h1-4,7,17H,5-6,8H2. The van der Waals surface area contributed by atoms with E-state index in [2.05, 4.69) is 15.3 Å².